The number of anilines is 1. The second-order valence-corrected chi connectivity index (χ2v) is 6.98. The summed E-state index contributed by atoms with van der Waals surface area (Å²) in [6.45, 7) is 3.26. The highest BCUT2D eigenvalue weighted by atomic mass is 19.4. The Kier molecular flexibility index (Phi) is 4.74. The number of amides is 1. The Bertz CT molecular complexity index is 603. The maximum Gasteiger partial charge on any atom is 0.391 e. The molecule has 2 aliphatic rings. The molecule has 1 aliphatic heterocycles. The third-order valence-electron chi connectivity index (χ3n) is 4.94. The van der Waals surface area contributed by atoms with Gasteiger partial charge in [0.25, 0.3) is 5.91 Å². The van der Waals surface area contributed by atoms with Crippen LogP contribution < -0.4 is 10.2 Å². The van der Waals surface area contributed by atoms with E-state index in [1.807, 2.05) is 30.0 Å². The Labute approximate surface area is 140 Å². The van der Waals surface area contributed by atoms with E-state index in [4.69, 9.17) is 0 Å². The van der Waals surface area contributed by atoms with Crippen molar-refractivity contribution >= 4 is 11.6 Å². The van der Waals surface area contributed by atoms with Crippen molar-refractivity contribution < 1.29 is 18.0 Å². The molecule has 1 aliphatic carbocycles. The number of rotatable bonds is 4. The molecule has 1 heterocycles. The molecule has 2 fully saturated rings. The molecular formula is C18H23F3N2O. The lowest BCUT2D eigenvalue weighted by atomic mass is 9.95. The smallest absolute Gasteiger partial charge is 0.371 e. The minimum absolute atomic E-state index is 0.0838. The van der Waals surface area contributed by atoms with Crippen LogP contribution in [-0.2, 0) is 0 Å². The average Bonchev–Trinajstić information content (AvgIpc) is 3.36. The number of hydrogen-bond donors (Lipinski definition) is 1. The van der Waals surface area contributed by atoms with E-state index in [2.05, 4.69) is 5.32 Å². The average molecular weight is 340 g/mol. The van der Waals surface area contributed by atoms with Crippen LogP contribution >= 0.6 is 0 Å². The summed E-state index contributed by atoms with van der Waals surface area (Å²) in [4.78, 5) is 14.4. The van der Waals surface area contributed by atoms with Gasteiger partial charge in [0.05, 0.1) is 11.5 Å². The second-order valence-electron chi connectivity index (χ2n) is 6.98. The van der Waals surface area contributed by atoms with E-state index >= 15 is 0 Å². The zero-order chi connectivity index (χ0) is 17.3. The first kappa shape index (κ1) is 17.1. The molecule has 0 unspecified atom stereocenters. The lowest BCUT2D eigenvalue weighted by Crippen LogP contribution is -2.40. The summed E-state index contributed by atoms with van der Waals surface area (Å²) in [5.41, 5.74) is 2.29. The lowest BCUT2D eigenvalue weighted by molar-refractivity contribution is -0.179. The summed E-state index contributed by atoms with van der Waals surface area (Å²) < 4.78 is 38.5. The summed E-state index contributed by atoms with van der Waals surface area (Å²) >= 11 is 0. The lowest BCUT2D eigenvalue weighted by Gasteiger charge is -2.35. The van der Waals surface area contributed by atoms with Crippen molar-refractivity contribution in [2.45, 2.75) is 38.8 Å². The van der Waals surface area contributed by atoms with Crippen LogP contribution in [0.15, 0.2) is 18.2 Å². The largest absolute Gasteiger partial charge is 0.391 e. The number of benzene rings is 1. The zero-order valence-corrected chi connectivity index (χ0v) is 13.8. The molecule has 1 amide bonds. The number of carbonyl (C=O) groups excluding carboxylic acids is 1. The summed E-state index contributed by atoms with van der Waals surface area (Å²) in [6.07, 6.45) is -1.64. The van der Waals surface area contributed by atoms with Gasteiger partial charge in [0.15, 0.2) is 0 Å². The van der Waals surface area contributed by atoms with Crippen LogP contribution in [-0.4, -0.2) is 31.7 Å². The molecule has 3 rings (SSSR count). The molecule has 1 saturated carbocycles. The second kappa shape index (κ2) is 6.65. The number of halogens is 3. The van der Waals surface area contributed by atoms with Crippen molar-refractivity contribution in [1.29, 1.82) is 0 Å². The Morgan fingerprint density at radius 1 is 1.21 bits per heavy atom. The standard InChI is InChI=1S/C18H23F3N2O/c1-12-2-5-16(15(10-12)17(24)22-11-13-3-4-13)23-8-6-14(7-9-23)18(19,20)21/h2,5,10,13-14H,3-4,6-9,11H2,1H3,(H,22,24). The fraction of sp³-hybridized carbons (Fsp3) is 0.611. The van der Waals surface area contributed by atoms with Crippen LogP contribution in [0.3, 0.4) is 0 Å². The van der Waals surface area contributed by atoms with Gasteiger partial charge in [-0.05, 0) is 50.7 Å². The molecular weight excluding hydrogens is 317 g/mol. The van der Waals surface area contributed by atoms with E-state index in [9.17, 15) is 18.0 Å². The molecule has 0 atom stereocenters. The van der Waals surface area contributed by atoms with E-state index in [0.29, 0.717) is 31.1 Å². The van der Waals surface area contributed by atoms with Gasteiger partial charge in [-0.15, -0.1) is 0 Å². The van der Waals surface area contributed by atoms with Crippen LogP contribution in [0.5, 0.6) is 0 Å². The van der Waals surface area contributed by atoms with E-state index < -0.39 is 12.1 Å². The quantitative estimate of drug-likeness (QED) is 0.901. The fourth-order valence-electron chi connectivity index (χ4n) is 3.21. The highest BCUT2D eigenvalue weighted by Gasteiger charge is 2.41. The molecule has 1 aromatic rings. The third kappa shape index (κ3) is 4.02. The normalized spacial score (nSPS) is 19.4. The predicted molar refractivity (Wildman–Crippen MR) is 87.2 cm³/mol. The van der Waals surface area contributed by atoms with Crippen molar-refractivity contribution in [1.82, 2.24) is 5.32 Å². The maximum absolute atomic E-state index is 12.8. The molecule has 1 N–H and O–H groups in total. The van der Waals surface area contributed by atoms with Crippen LogP contribution in [0.25, 0.3) is 0 Å². The number of nitrogens with zero attached hydrogens (tertiary/aromatic N) is 1. The number of piperidine rings is 1. The molecule has 1 saturated heterocycles. The van der Waals surface area contributed by atoms with Gasteiger partial charge in [0.1, 0.15) is 0 Å². The SMILES string of the molecule is Cc1ccc(N2CCC(C(F)(F)F)CC2)c(C(=O)NCC2CC2)c1. The van der Waals surface area contributed by atoms with Crippen LogP contribution in [0.4, 0.5) is 18.9 Å². The van der Waals surface area contributed by atoms with E-state index in [0.717, 1.165) is 24.1 Å². The molecule has 0 spiro atoms. The van der Waals surface area contributed by atoms with E-state index in [1.165, 1.54) is 0 Å². The summed E-state index contributed by atoms with van der Waals surface area (Å²) in [5.74, 6) is -0.769. The van der Waals surface area contributed by atoms with E-state index in [1.54, 1.807) is 0 Å². The molecule has 24 heavy (non-hydrogen) atoms. The minimum Gasteiger partial charge on any atom is -0.371 e. The first-order valence-electron chi connectivity index (χ1n) is 8.55. The molecule has 3 nitrogen and oxygen atoms in total. The van der Waals surface area contributed by atoms with Gasteiger partial charge in [-0.2, -0.15) is 13.2 Å². The molecule has 132 valence electrons. The van der Waals surface area contributed by atoms with Gasteiger partial charge in [0, 0.05) is 25.3 Å². The number of aryl methyl sites for hydroxylation is 1. The van der Waals surface area contributed by atoms with Crippen molar-refractivity contribution in [2.75, 3.05) is 24.5 Å². The van der Waals surface area contributed by atoms with Crippen molar-refractivity contribution in [3.8, 4) is 0 Å². The van der Waals surface area contributed by atoms with Gasteiger partial charge in [0.2, 0.25) is 0 Å². The van der Waals surface area contributed by atoms with Crippen molar-refractivity contribution in [3.63, 3.8) is 0 Å². The maximum atomic E-state index is 12.8. The molecule has 0 aromatic heterocycles. The fourth-order valence-corrected chi connectivity index (χ4v) is 3.21. The first-order chi connectivity index (χ1) is 11.3. The van der Waals surface area contributed by atoms with Crippen LogP contribution in [0.2, 0.25) is 0 Å². The van der Waals surface area contributed by atoms with Gasteiger partial charge < -0.3 is 10.2 Å². The Balaban J connectivity index is 1.72. The van der Waals surface area contributed by atoms with Crippen molar-refractivity contribution in [2.24, 2.45) is 11.8 Å². The summed E-state index contributed by atoms with van der Waals surface area (Å²) in [6, 6.07) is 5.59. The predicted octanol–water partition coefficient (Wildman–Crippen LogP) is 3.91. The van der Waals surface area contributed by atoms with Crippen LogP contribution in [0.1, 0.15) is 41.6 Å². The first-order valence-corrected chi connectivity index (χ1v) is 8.55. The van der Waals surface area contributed by atoms with Gasteiger partial charge in [-0.25, -0.2) is 0 Å². The highest BCUT2D eigenvalue weighted by Crippen LogP contribution is 2.36. The molecule has 1 aromatic carbocycles. The number of alkyl halides is 3. The van der Waals surface area contributed by atoms with Crippen LogP contribution in [0, 0.1) is 18.8 Å². The monoisotopic (exact) mass is 340 g/mol. The molecule has 6 heteroatoms. The number of nitrogens with one attached hydrogen (secondary N) is 1. The zero-order valence-electron chi connectivity index (χ0n) is 13.8. The molecule has 0 radical (unpaired) electrons. The minimum atomic E-state index is -4.12. The third-order valence-corrected chi connectivity index (χ3v) is 4.94. The highest BCUT2D eigenvalue weighted by molar-refractivity contribution is 6.00. The van der Waals surface area contributed by atoms with Crippen molar-refractivity contribution in [3.05, 3.63) is 29.3 Å². The van der Waals surface area contributed by atoms with Gasteiger partial charge in [-0.3, -0.25) is 4.79 Å². The Hall–Kier alpha value is -1.72. The summed E-state index contributed by atoms with van der Waals surface area (Å²) in [5, 5.41) is 2.96. The van der Waals surface area contributed by atoms with Gasteiger partial charge in [-0.1, -0.05) is 11.6 Å². The summed E-state index contributed by atoms with van der Waals surface area (Å²) in [7, 11) is 0. The van der Waals surface area contributed by atoms with E-state index in [-0.39, 0.29) is 18.7 Å². The Morgan fingerprint density at radius 2 is 1.88 bits per heavy atom. The number of hydrogen-bond acceptors (Lipinski definition) is 2. The Morgan fingerprint density at radius 3 is 2.46 bits per heavy atom. The molecule has 0 bridgehead atoms. The van der Waals surface area contributed by atoms with Gasteiger partial charge >= 0.3 is 6.18 Å². The number of carbonyl (C=O) groups is 1. The topological polar surface area (TPSA) is 32.3 Å².